The van der Waals surface area contributed by atoms with Gasteiger partial charge in [-0.25, -0.2) is 0 Å². The fourth-order valence-corrected chi connectivity index (χ4v) is 4.79. The monoisotopic (exact) mass is 434 g/mol. The fourth-order valence-electron chi connectivity index (χ4n) is 4.79. The molecule has 2 amide bonds. The molecule has 0 spiro atoms. The Bertz CT molecular complexity index is 940. The van der Waals surface area contributed by atoms with Gasteiger partial charge in [-0.05, 0) is 52.0 Å². The summed E-state index contributed by atoms with van der Waals surface area (Å²) in [6, 6.07) is 15.8. The lowest BCUT2D eigenvalue weighted by Gasteiger charge is -2.46. The Morgan fingerprint density at radius 3 is 2.22 bits per heavy atom. The molecule has 0 atom stereocenters. The lowest BCUT2D eigenvalue weighted by molar-refractivity contribution is -0.927. The standard InChI is InChI=1S/C27H35N3O2/c1-6-14-30(25(31)23-18-21(4)17-22(5)19-23)27(12-15-29(16-13-27)20(2)3)26(32)28-24-10-8-7-9-11-24/h6-11,17-20H,1,12-16H2,2-5H3,(H,28,32)/p+1. The van der Waals surface area contributed by atoms with Crippen LogP contribution in [-0.2, 0) is 4.79 Å². The summed E-state index contributed by atoms with van der Waals surface area (Å²) in [5.74, 6) is -0.237. The summed E-state index contributed by atoms with van der Waals surface area (Å²) < 4.78 is 0. The predicted molar refractivity (Wildman–Crippen MR) is 130 cm³/mol. The number of likely N-dealkylation sites (tertiary alicyclic amines) is 1. The topological polar surface area (TPSA) is 53.9 Å². The molecule has 1 aliphatic rings. The lowest BCUT2D eigenvalue weighted by Crippen LogP contribution is -3.16. The first kappa shape index (κ1) is 23.7. The summed E-state index contributed by atoms with van der Waals surface area (Å²) >= 11 is 0. The highest BCUT2D eigenvalue weighted by Crippen LogP contribution is 2.30. The second kappa shape index (κ2) is 10.1. The van der Waals surface area contributed by atoms with Crippen molar-refractivity contribution < 1.29 is 14.5 Å². The molecule has 0 aromatic heterocycles. The van der Waals surface area contributed by atoms with Crippen LogP contribution < -0.4 is 10.2 Å². The van der Waals surface area contributed by atoms with Crippen LogP contribution in [0.15, 0.2) is 61.2 Å². The number of rotatable bonds is 7. The highest BCUT2D eigenvalue weighted by atomic mass is 16.2. The van der Waals surface area contributed by atoms with Crippen LogP contribution in [-0.4, -0.2) is 47.9 Å². The van der Waals surface area contributed by atoms with Gasteiger partial charge < -0.3 is 15.1 Å². The van der Waals surface area contributed by atoms with Gasteiger partial charge in [-0.1, -0.05) is 41.5 Å². The summed E-state index contributed by atoms with van der Waals surface area (Å²) in [6.07, 6.45) is 2.95. The zero-order valence-corrected chi connectivity index (χ0v) is 19.8. The molecule has 0 bridgehead atoms. The highest BCUT2D eigenvalue weighted by Gasteiger charge is 2.50. The van der Waals surface area contributed by atoms with Gasteiger partial charge in [0.25, 0.3) is 11.8 Å². The average molecular weight is 435 g/mol. The number of quaternary nitrogens is 1. The molecule has 0 unspecified atom stereocenters. The van der Waals surface area contributed by atoms with Crippen LogP contribution in [0.2, 0.25) is 0 Å². The van der Waals surface area contributed by atoms with Crippen molar-refractivity contribution in [3.8, 4) is 0 Å². The van der Waals surface area contributed by atoms with E-state index in [4.69, 9.17) is 0 Å². The lowest BCUT2D eigenvalue weighted by atomic mass is 9.83. The number of aryl methyl sites for hydroxylation is 2. The largest absolute Gasteiger partial charge is 0.333 e. The Morgan fingerprint density at radius 2 is 1.69 bits per heavy atom. The first-order chi connectivity index (χ1) is 15.3. The van der Waals surface area contributed by atoms with E-state index >= 15 is 0 Å². The molecule has 1 saturated heterocycles. The van der Waals surface area contributed by atoms with Crippen molar-refractivity contribution in [2.45, 2.75) is 52.1 Å². The molecule has 3 rings (SSSR count). The Hall–Kier alpha value is -2.92. The molecule has 32 heavy (non-hydrogen) atoms. The van der Waals surface area contributed by atoms with Crippen LogP contribution in [0.4, 0.5) is 5.69 Å². The summed E-state index contributed by atoms with van der Waals surface area (Å²) in [7, 11) is 0. The van der Waals surface area contributed by atoms with Gasteiger partial charge >= 0.3 is 0 Å². The van der Waals surface area contributed by atoms with E-state index in [2.05, 4.69) is 31.8 Å². The number of carbonyl (C=O) groups is 2. The SMILES string of the molecule is C=CCN(C(=O)c1cc(C)cc(C)c1)C1(C(=O)Nc2ccccc2)CC[NH+](C(C)C)CC1. The van der Waals surface area contributed by atoms with E-state index in [0.29, 0.717) is 31.0 Å². The van der Waals surface area contributed by atoms with Crippen LogP contribution in [0.1, 0.15) is 48.2 Å². The second-order valence-electron chi connectivity index (χ2n) is 9.25. The van der Waals surface area contributed by atoms with E-state index in [1.54, 1.807) is 11.0 Å². The first-order valence-corrected chi connectivity index (χ1v) is 11.5. The summed E-state index contributed by atoms with van der Waals surface area (Å²) in [4.78, 5) is 30.8. The Balaban J connectivity index is 2.01. The van der Waals surface area contributed by atoms with Crippen molar-refractivity contribution >= 4 is 17.5 Å². The van der Waals surface area contributed by atoms with Crippen LogP contribution in [0.5, 0.6) is 0 Å². The number of hydrogen-bond acceptors (Lipinski definition) is 2. The number of anilines is 1. The molecule has 2 N–H and O–H groups in total. The van der Waals surface area contributed by atoms with Crippen LogP contribution in [0, 0.1) is 13.8 Å². The molecule has 1 aliphatic heterocycles. The van der Waals surface area contributed by atoms with E-state index in [0.717, 1.165) is 29.9 Å². The van der Waals surface area contributed by atoms with Crippen molar-refractivity contribution in [1.82, 2.24) is 4.90 Å². The molecular weight excluding hydrogens is 398 g/mol. The van der Waals surface area contributed by atoms with Gasteiger partial charge in [-0.15, -0.1) is 6.58 Å². The van der Waals surface area contributed by atoms with Gasteiger partial charge in [0.15, 0.2) is 0 Å². The fraction of sp³-hybridized carbons (Fsp3) is 0.407. The van der Waals surface area contributed by atoms with E-state index < -0.39 is 5.54 Å². The van der Waals surface area contributed by atoms with Gasteiger partial charge in [0.2, 0.25) is 0 Å². The van der Waals surface area contributed by atoms with Gasteiger partial charge in [0.1, 0.15) is 5.54 Å². The number of piperidine rings is 1. The van der Waals surface area contributed by atoms with Crippen molar-refractivity contribution in [3.63, 3.8) is 0 Å². The van der Waals surface area contributed by atoms with Crippen molar-refractivity contribution in [1.29, 1.82) is 0 Å². The Kier molecular flexibility index (Phi) is 7.52. The number of hydrogen-bond donors (Lipinski definition) is 2. The van der Waals surface area contributed by atoms with Crippen LogP contribution >= 0.6 is 0 Å². The zero-order valence-electron chi connectivity index (χ0n) is 19.8. The maximum absolute atomic E-state index is 13.8. The maximum atomic E-state index is 13.8. The normalized spacial score (nSPS) is 20.6. The molecule has 5 nitrogen and oxygen atoms in total. The van der Waals surface area contributed by atoms with Crippen molar-refractivity contribution in [2.24, 2.45) is 0 Å². The number of carbonyl (C=O) groups excluding carboxylic acids is 2. The number of benzene rings is 2. The van der Waals surface area contributed by atoms with Gasteiger partial charge in [-0.2, -0.15) is 0 Å². The molecule has 2 aromatic rings. The van der Waals surface area contributed by atoms with Crippen LogP contribution in [0.25, 0.3) is 0 Å². The number of nitrogens with zero attached hydrogens (tertiary/aromatic N) is 1. The minimum absolute atomic E-state index is 0.118. The summed E-state index contributed by atoms with van der Waals surface area (Å²) in [6.45, 7) is 14.3. The van der Waals surface area contributed by atoms with Gasteiger partial charge in [-0.3, -0.25) is 9.59 Å². The molecule has 1 heterocycles. The number of nitrogens with one attached hydrogen (secondary N) is 2. The smallest absolute Gasteiger partial charge is 0.255 e. The maximum Gasteiger partial charge on any atom is 0.255 e. The van der Waals surface area contributed by atoms with E-state index in [-0.39, 0.29) is 11.8 Å². The number of para-hydroxylation sites is 1. The Labute approximate surface area is 192 Å². The highest BCUT2D eigenvalue weighted by molar-refractivity contribution is 6.04. The van der Waals surface area contributed by atoms with Crippen molar-refractivity contribution in [3.05, 3.63) is 77.9 Å². The summed E-state index contributed by atoms with van der Waals surface area (Å²) in [5, 5.41) is 3.09. The molecular formula is C27H36N3O2+. The zero-order chi connectivity index (χ0) is 23.3. The quantitative estimate of drug-likeness (QED) is 0.657. The van der Waals surface area contributed by atoms with Crippen LogP contribution in [0.3, 0.4) is 0 Å². The minimum atomic E-state index is -0.919. The first-order valence-electron chi connectivity index (χ1n) is 11.5. The molecule has 5 heteroatoms. The molecule has 2 aromatic carbocycles. The van der Waals surface area contributed by atoms with E-state index in [1.807, 2.05) is 56.3 Å². The third kappa shape index (κ3) is 5.10. The van der Waals surface area contributed by atoms with Crippen molar-refractivity contribution in [2.75, 3.05) is 25.0 Å². The molecule has 170 valence electrons. The third-order valence-corrected chi connectivity index (χ3v) is 6.53. The minimum Gasteiger partial charge on any atom is -0.333 e. The molecule has 1 fully saturated rings. The van der Waals surface area contributed by atoms with Gasteiger partial charge in [0.05, 0.1) is 19.1 Å². The van der Waals surface area contributed by atoms with Gasteiger partial charge in [0, 0.05) is 30.6 Å². The van der Waals surface area contributed by atoms with E-state index in [1.165, 1.54) is 4.90 Å². The van der Waals surface area contributed by atoms with E-state index in [9.17, 15) is 9.59 Å². The molecule has 0 radical (unpaired) electrons. The summed E-state index contributed by atoms with van der Waals surface area (Å²) in [5.41, 5.74) is 2.52. The number of amides is 2. The third-order valence-electron chi connectivity index (χ3n) is 6.53. The second-order valence-corrected chi connectivity index (χ2v) is 9.25. The molecule has 0 saturated carbocycles. The Morgan fingerprint density at radius 1 is 1.09 bits per heavy atom. The average Bonchev–Trinajstić information content (AvgIpc) is 2.77. The predicted octanol–water partition coefficient (Wildman–Crippen LogP) is 3.40. The molecule has 0 aliphatic carbocycles.